The first-order valence-electron chi connectivity index (χ1n) is 8.70. The predicted octanol–water partition coefficient (Wildman–Crippen LogP) is 5.57. The van der Waals surface area contributed by atoms with Crippen molar-refractivity contribution < 1.29 is 0 Å². The van der Waals surface area contributed by atoms with Gasteiger partial charge in [0.1, 0.15) is 0 Å². The molecule has 4 heteroatoms. The molecule has 24 heavy (non-hydrogen) atoms. The van der Waals surface area contributed by atoms with Gasteiger partial charge in [-0.05, 0) is 48.3 Å². The molecular formula is C20H31N3S. The first-order valence-corrected chi connectivity index (χ1v) is 9.48. The number of hydrogen-bond donors (Lipinski definition) is 0. The molecule has 0 fully saturated rings. The summed E-state index contributed by atoms with van der Waals surface area (Å²) in [7, 11) is 0. The van der Waals surface area contributed by atoms with Crippen molar-refractivity contribution in [3.05, 3.63) is 40.2 Å². The number of aromatic nitrogens is 3. The van der Waals surface area contributed by atoms with Gasteiger partial charge in [0.05, 0.1) is 10.6 Å². The Kier molecular flexibility index (Phi) is 5.19. The number of nitrogens with zero attached hydrogens (tertiary/aromatic N) is 3. The summed E-state index contributed by atoms with van der Waals surface area (Å²) in [5, 5.41) is 4.43. The minimum atomic E-state index is 0.0368. The standard InChI is InChI=1S/C20H31N3S/c1-14-15(10-9-13-21-14)19(5,6)11-12-20(7,8)17-16(18(2,3)4)22-23-24-17/h9-10,13H,11-12H2,1-8H3. The average molecular weight is 346 g/mol. The Labute approximate surface area is 151 Å². The zero-order valence-electron chi connectivity index (χ0n) is 16.4. The molecule has 3 nitrogen and oxygen atoms in total. The van der Waals surface area contributed by atoms with E-state index in [0.717, 1.165) is 24.2 Å². The van der Waals surface area contributed by atoms with Crippen LogP contribution < -0.4 is 0 Å². The molecule has 0 aliphatic carbocycles. The lowest BCUT2D eigenvalue weighted by molar-refractivity contribution is 0.371. The largest absolute Gasteiger partial charge is 0.261 e. The van der Waals surface area contributed by atoms with Crippen molar-refractivity contribution in [2.24, 2.45) is 0 Å². The molecule has 0 bridgehead atoms. The molecule has 2 aromatic rings. The average Bonchev–Trinajstić information content (AvgIpc) is 2.96. The van der Waals surface area contributed by atoms with Crippen molar-refractivity contribution in [3.63, 3.8) is 0 Å². The minimum Gasteiger partial charge on any atom is -0.261 e. The van der Waals surface area contributed by atoms with E-state index in [4.69, 9.17) is 0 Å². The third kappa shape index (κ3) is 4.02. The van der Waals surface area contributed by atoms with Gasteiger partial charge in [0, 0.05) is 22.7 Å². The molecule has 0 atom stereocenters. The summed E-state index contributed by atoms with van der Waals surface area (Å²) in [5.74, 6) is 0. The summed E-state index contributed by atoms with van der Waals surface area (Å²) < 4.78 is 4.25. The van der Waals surface area contributed by atoms with Crippen molar-refractivity contribution in [1.29, 1.82) is 0 Å². The van der Waals surface area contributed by atoms with Crippen LogP contribution in [-0.2, 0) is 16.2 Å². The van der Waals surface area contributed by atoms with E-state index >= 15 is 0 Å². The summed E-state index contributed by atoms with van der Waals surface area (Å²) in [6, 6.07) is 4.25. The Bertz CT molecular complexity index is 693. The van der Waals surface area contributed by atoms with Gasteiger partial charge < -0.3 is 0 Å². The van der Waals surface area contributed by atoms with E-state index < -0.39 is 0 Å². The number of rotatable bonds is 5. The fraction of sp³-hybridized carbons (Fsp3) is 0.650. The van der Waals surface area contributed by atoms with Gasteiger partial charge in [0.2, 0.25) is 0 Å². The van der Waals surface area contributed by atoms with Crippen LogP contribution in [0.5, 0.6) is 0 Å². The molecule has 2 rings (SSSR count). The lowest BCUT2D eigenvalue weighted by Gasteiger charge is -2.33. The zero-order chi connectivity index (χ0) is 18.2. The van der Waals surface area contributed by atoms with Gasteiger partial charge in [-0.25, -0.2) is 0 Å². The predicted molar refractivity (Wildman–Crippen MR) is 103 cm³/mol. The molecule has 0 aromatic carbocycles. The molecule has 2 heterocycles. The van der Waals surface area contributed by atoms with Crippen LogP contribution in [0.4, 0.5) is 0 Å². The monoisotopic (exact) mass is 345 g/mol. The highest BCUT2D eigenvalue weighted by Gasteiger charge is 2.34. The van der Waals surface area contributed by atoms with Crippen LogP contribution in [0, 0.1) is 6.92 Å². The molecular weight excluding hydrogens is 314 g/mol. The van der Waals surface area contributed by atoms with Crippen molar-refractivity contribution in [2.75, 3.05) is 0 Å². The van der Waals surface area contributed by atoms with Gasteiger partial charge in [-0.2, -0.15) is 0 Å². The number of pyridine rings is 1. The number of hydrogen-bond acceptors (Lipinski definition) is 4. The molecule has 0 aliphatic heterocycles. The molecule has 0 aliphatic rings. The number of aryl methyl sites for hydroxylation is 1. The quantitative estimate of drug-likeness (QED) is 0.710. The summed E-state index contributed by atoms with van der Waals surface area (Å²) in [4.78, 5) is 5.80. The molecule has 0 saturated heterocycles. The lowest BCUT2D eigenvalue weighted by Crippen LogP contribution is -2.27. The first-order chi connectivity index (χ1) is 11.0. The van der Waals surface area contributed by atoms with Crippen LogP contribution in [0.15, 0.2) is 18.3 Å². The highest BCUT2D eigenvalue weighted by molar-refractivity contribution is 7.05. The van der Waals surface area contributed by atoms with Crippen molar-refractivity contribution in [2.45, 2.75) is 84.5 Å². The van der Waals surface area contributed by atoms with Crippen molar-refractivity contribution >= 4 is 11.5 Å². The Balaban J connectivity index is 2.22. The van der Waals surface area contributed by atoms with E-state index in [1.165, 1.54) is 10.4 Å². The maximum atomic E-state index is 4.47. The van der Waals surface area contributed by atoms with Crippen molar-refractivity contribution in [3.8, 4) is 0 Å². The van der Waals surface area contributed by atoms with Gasteiger partial charge in [-0.3, -0.25) is 4.98 Å². The van der Waals surface area contributed by atoms with Crippen LogP contribution in [-0.4, -0.2) is 14.6 Å². The van der Waals surface area contributed by atoms with Crippen LogP contribution in [0.1, 0.15) is 83.1 Å². The normalized spacial score (nSPS) is 13.3. The summed E-state index contributed by atoms with van der Waals surface area (Å²) >= 11 is 1.56. The molecule has 0 N–H and O–H groups in total. The van der Waals surface area contributed by atoms with Crippen LogP contribution >= 0.6 is 11.5 Å². The molecule has 0 amide bonds. The van der Waals surface area contributed by atoms with Gasteiger partial charge in [-0.1, -0.05) is 59.0 Å². The second-order valence-electron chi connectivity index (χ2n) is 9.10. The van der Waals surface area contributed by atoms with Gasteiger partial charge in [0.25, 0.3) is 0 Å². The third-order valence-corrected chi connectivity index (χ3v) is 6.02. The summed E-state index contributed by atoms with van der Waals surface area (Å²) in [6.45, 7) is 18.0. The molecule has 0 saturated carbocycles. The fourth-order valence-electron chi connectivity index (χ4n) is 3.20. The first kappa shape index (κ1) is 19.0. The second kappa shape index (κ2) is 6.55. The molecule has 0 radical (unpaired) electrons. The Morgan fingerprint density at radius 1 is 0.958 bits per heavy atom. The van der Waals surface area contributed by atoms with Crippen LogP contribution in [0.3, 0.4) is 0 Å². The van der Waals surface area contributed by atoms with E-state index in [2.05, 4.69) is 76.0 Å². The third-order valence-electron chi connectivity index (χ3n) is 4.92. The Hall–Kier alpha value is -1.29. The highest BCUT2D eigenvalue weighted by Crippen LogP contribution is 2.41. The smallest absolute Gasteiger partial charge is 0.0846 e. The molecule has 2 aromatic heterocycles. The van der Waals surface area contributed by atoms with E-state index in [1.807, 2.05) is 12.3 Å². The van der Waals surface area contributed by atoms with E-state index in [-0.39, 0.29) is 16.2 Å². The van der Waals surface area contributed by atoms with Gasteiger partial charge in [-0.15, -0.1) is 5.10 Å². The zero-order valence-corrected chi connectivity index (χ0v) is 17.2. The van der Waals surface area contributed by atoms with E-state index in [9.17, 15) is 0 Å². The maximum absolute atomic E-state index is 4.47. The summed E-state index contributed by atoms with van der Waals surface area (Å²) in [6.07, 6.45) is 4.08. The molecule has 0 spiro atoms. The fourth-order valence-corrected chi connectivity index (χ4v) is 4.18. The maximum Gasteiger partial charge on any atom is 0.0846 e. The lowest BCUT2D eigenvalue weighted by atomic mass is 9.73. The van der Waals surface area contributed by atoms with Gasteiger partial charge >= 0.3 is 0 Å². The minimum absolute atomic E-state index is 0.0368. The van der Waals surface area contributed by atoms with Crippen molar-refractivity contribution in [1.82, 2.24) is 14.6 Å². The van der Waals surface area contributed by atoms with Crippen LogP contribution in [0.25, 0.3) is 0 Å². The van der Waals surface area contributed by atoms with E-state index in [0.29, 0.717) is 0 Å². The highest BCUT2D eigenvalue weighted by atomic mass is 32.1. The molecule has 132 valence electrons. The Morgan fingerprint density at radius 3 is 2.17 bits per heavy atom. The van der Waals surface area contributed by atoms with E-state index in [1.54, 1.807) is 11.5 Å². The summed E-state index contributed by atoms with van der Waals surface area (Å²) in [5.41, 5.74) is 3.84. The van der Waals surface area contributed by atoms with Gasteiger partial charge in [0.15, 0.2) is 0 Å². The van der Waals surface area contributed by atoms with Crippen LogP contribution in [0.2, 0.25) is 0 Å². The SMILES string of the molecule is Cc1ncccc1C(C)(C)CCC(C)(C)c1snnc1C(C)(C)C. The molecule has 0 unspecified atom stereocenters. The topological polar surface area (TPSA) is 38.7 Å². The second-order valence-corrected chi connectivity index (χ2v) is 9.86. The Morgan fingerprint density at radius 2 is 1.58 bits per heavy atom.